The zero-order valence-corrected chi connectivity index (χ0v) is 22.4. The molecule has 196 valence electrons. The van der Waals surface area contributed by atoms with Crippen LogP contribution in [0.1, 0.15) is 24.1 Å². The Labute approximate surface area is 221 Å². The van der Waals surface area contributed by atoms with Crippen molar-refractivity contribution >= 4 is 49.2 Å². The summed E-state index contributed by atoms with van der Waals surface area (Å²) in [5.74, 6) is -0.748. The van der Waals surface area contributed by atoms with Gasteiger partial charge in [0.1, 0.15) is 0 Å². The quantitative estimate of drug-likeness (QED) is 0.428. The highest BCUT2D eigenvalue weighted by molar-refractivity contribution is 7.92. The summed E-state index contributed by atoms with van der Waals surface area (Å²) in [5, 5.41) is 3.33. The van der Waals surface area contributed by atoms with E-state index < -0.39 is 20.0 Å². The molecule has 2 N–H and O–H groups in total. The Morgan fingerprint density at radius 3 is 2.27 bits per heavy atom. The molecule has 0 radical (unpaired) electrons. The minimum Gasteiger partial charge on any atom is -0.326 e. The van der Waals surface area contributed by atoms with Gasteiger partial charge in [-0.1, -0.05) is 23.7 Å². The number of carbonyl (C=O) groups excluding carboxylic acids is 1. The third-order valence-corrected chi connectivity index (χ3v) is 9.38. The summed E-state index contributed by atoms with van der Waals surface area (Å²) in [6, 6.07) is 14.1. The maximum atomic E-state index is 12.8. The van der Waals surface area contributed by atoms with E-state index in [0.29, 0.717) is 34.8 Å². The first-order valence-electron chi connectivity index (χ1n) is 11.5. The van der Waals surface area contributed by atoms with Gasteiger partial charge in [-0.25, -0.2) is 35.8 Å². The van der Waals surface area contributed by atoms with Crippen LogP contribution in [0, 0.1) is 12.8 Å². The number of piperidine rings is 1. The van der Waals surface area contributed by atoms with Gasteiger partial charge in [0.05, 0.1) is 10.6 Å². The first-order chi connectivity index (χ1) is 17.5. The van der Waals surface area contributed by atoms with Gasteiger partial charge in [0, 0.05) is 41.6 Å². The smallest absolute Gasteiger partial charge is 0.264 e. The van der Waals surface area contributed by atoms with Crippen molar-refractivity contribution in [2.75, 3.05) is 23.1 Å². The molecule has 1 aliphatic rings. The number of amides is 1. The van der Waals surface area contributed by atoms with Crippen LogP contribution in [0.25, 0.3) is 0 Å². The number of hydrogen-bond donors (Lipinski definition) is 2. The number of sulfonamides is 2. The number of aromatic nitrogens is 2. The molecule has 1 aromatic heterocycles. The summed E-state index contributed by atoms with van der Waals surface area (Å²) in [6.45, 7) is 2.22. The number of aryl methyl sites for hydroxylation is 1. The molecule has 1 amide bonds. The van der Waals surface area contributed by atoms with Crippen LogP contribution in [-0.4, -0.2) is 50.1 Å². The standard InChI is InChI=1S/C24H26ClN5O5S2/c1-17-10-13-26-24(27-17)29-37(34,35)22-8-6-21(7-9-22)28-23(31)19-11-14-30(15-12-19)36(32,33)16-18-2-4-20(25)5-3-18/h2-10,13,19H,11-12,14-16H2,1H3,(H,28,31)(H,26,27,29). The number of hydrogen-bond acceptors (Lipinski definition) is 7. The molecule has 4 rings (SSSR count). The summed E-state index contributed by atoms with van der Waals surface area (Å²) < 4.78 is 54.5. The van der Waals surface area contributed by atoms with E-state index in [2.05, 4.69) is 20.0 Å². The van der Waals surface area contributed by atoms with Crippen LogP contribution in [0.15, 0.2) is 65.7 Å². The summed E-state index contributed by atoms with van der Waals surface area (Å²) in [7, 11) is -7.41. The fourth-order valence-corrected chi connectivity index (χ4v) is 6.56. The minimum atomic E-state index is -3.90. The first kappa shape index (κ1) is 27.0. The molecule has 0 bridgehead atoms. The van der Waals surface area contributed by atoms with Gasteiger partial charge in [0.15, 0.2) is 0 Å². The highest BCUT2D eigenvalue weighted by Gasteiger charge is 2.31. The third kappa shape index (κ3) is 7.04. The van der Waals surface area contributed by atoms with Crippen molar-refractivity contribution in [3.8, 4) is 0 Å². The number of benzene rings is 2. The molecule has 37 heavy (non-hydrogen) atoms. The number of anilines is 2. The van der Waals surface area contributed by atoms with Gasteiger partial charge in [0.2, 0.25) is 21.9 Å². The van der Waals surface area contributed by atoms with Crippen molar-refractivity contribution in [3.05, 3.63) is 77.1 Å². The molecule has 1 saturated heterocycles. The summed E-state index contributed by atoms with van der Waals surface area (Å²) in [6.07, 6.45) is 2.23. The largest absolute Gasteiger partial charge is 0.326 e. The van der Waals surface area contributed by atoms with Crippen molar-refractivity contribution in [2.45, 2.75) is 30.4 Å². The molecule has 1 aliphatic heterocycles. The van der Waals surface area contributed by atoms with E-state index >= 15 is 0 Å². The zero-order chi connectivity index (χ0) is 26.6. The molecular formula is C24H26ClN5O5S2. The number of halogens is 1. The van der Waals surface area contributed by atoms with Gasteiger partial charge in [-0.3, -0.25) is 4.79 Å². The second-order valence-electron chi connectivity index (χ2n) is 8.70. The number of carbonyl (C=O) groups is 1. The maximum Gasteiger partial charge on any atom is 0.264 e. The van der Waals surface area contributed by atoms with Crippen molar-refractivity contribution in [3.63, 3.8) is 0 Å². The minimum absolute atomic E-state index is 0.00481. The Hall–Kier alpha value is -3.06. The summed E-state index contributed by atoms with van der Waals surface area (Å²) >= 11 is 5.87. The van der Waals surface area contributed by atoms with Crippen molar-refractivity contribution in [1.29, 1.82) is 0 Å². The normalized spacial score (nSPS) is 15.3. The van der Waals surface area contributed by atoms with E-state index in [1.165, 1.54) is 34.8 Å². The Bertz CT molecular complexity index is 1470. The van der Waals surface area contributed by atoms with Crippen LogP contribution < -0.4 is 10.0 Å². The van der Waals surface area contributed by atoms with E-state index in [1.807, 2.05) is 0 Å². The van der Waals surface area contributed by atoms with Crippen LogP contribution in [0.3, 0.4) is 0 Å². The number of nitrogens with one attached hydrogen (secondary N) is 2. The summed E-state index contributed by atoms with van der Waals surface area (Å²) in [5.41, 5.74) is 1.71. The second kappa shape index (κ2) is 11.1. The highest BCUT2D eigenvalue weighted by Crippen LogP contribution is 2.24. The molecule has 1 fully saturated rings. The molecule has 0 atom stereocenters. The lowest BCUT2D eigenvalue weighted by Gasteiger charge is -2.30. The van der Waals surface area contributed by atoms with Crippen LogP contribution in [0.4, 0.5) is 11.6 Å². The second-order valence-corrected chi connectivity index (χ2v) is 12.8. The van der Waals surface area contributed by atoms with Gasteiger partial charge in [0.25, 0.3) is 10.0 Å². The zero-order valence-electron chi connectivity index (χ0n) is 20.0. The lowest BCUT2D eigenvalue weighted by molar-refractivity contribution is -0.120. The SMILES string of the molecule is Cc1ccnc(NS(=O)(=O)c2ccc(NC(=O)C3CCN(S(=O)(=O)Cc4ccc(Cl)cc4)CC3)cc2)n1. The van der Waals surface area contributed by atoms with Crippen LogP contribution in [0.2, 0.25) is 5.02 Å². The molecule has 2 aromatic carbocycles. The predicted molar refractivity (Wildman–Crippen MR) is 141 cm³/mol. The fourth-order valence-electron chi connectivity index (χ4n) is 3.92. The Balaban J connectivity index is 1.31. The van der Waals surface area contributed by atoms with Gasteiger partial charge in [-0.05, 0) is 67.8 Å². The molecule has 3 aromatic rings. The highest BCUT2D eigenvalue weighted by atomic mass is 35.5. The van der Waals surface area contributed by atoms with E-state index in [1.54, 1.807) is 37.3 Å². The van der Waals surface area contributed by atoms with Crippen molar-refractivity contribution < 1.29 is 21.6 Å². The van der Waals surface area contributed by atoms with Gasteiger partial charge in [-0.15, -0.1) is 0 Å². The molecule has 0 spiro atoms. The van der Waals surface area contributed by atoms with Crippen LogP contribution >= 0.6 is 11.6 Å². The Kier molecular flexibility index (Phi) is 8.12. The van der Waals surface area contributed by atoms with Crippen molar-refractivity contribution in [1.82, 2.24) is 14.3 Å². The van der Waals surface area contributed by atoms with Gasteiger partial charge in [-0.2, -0.15) is 0 Å². The van der Waals surface area contributed by atoms with Crippen molar-refractivity contribution in [2.24, 2.45) is 5.92 Å². The van der Waals surface area contributed by atoms with Gasteiger partial charge < -0.3 is 5.32 Å². The average Bonchev–Trinajstić information content (AvgIpc) is 2.85. The van der Waals surface area contributed by atoms with E-state index in [9.17, 15) is 21.6 Å². The summed E-state index contributed by atoms with van der Waals surface area (Å²) in [4.78, 5) is 20.7. The molecule has 13 heteroatoms. The van der Waals surface area contributed by atoms with Gasteiger partial charge >= 0.3 is 0 Å². The average molecular weight is 564 g/mol. The lowest BCUT2D eigenvalue weighted by Crippen LogP contribution is -2.41. The van der Waals surface area contributed by atoms with E-state index in [-0.39, 0.29) is 41.5 Å². The van der Waals surface area contributed by atoms with Crippen LogP contribution in [-0.2, 0) is 30.6 Å². The molecule has 10 nitrogen and oxygen atoms in total. The monoisotopic (exact) mass is 563 g/mol. The topological polar surface area (TPSA) is 138 Å². The lowest BCUT2D eigenvalue weighted by atomic mass is 9.97. The van der Waals surface area contributed by atoms with E-state index in [0.717, 1.165) is 0 Å². The fraction of sp³-hybridized carbons (Fsp3) is 0.292. The Morgan fingerprint density at radius 1 is 1.00 bits per heavy atom. The first-order valence-corrected chi connectivity index (χ1v) is 14.9. The number of nitrogens with zero attached hydrogens (tertiary/aromatic N) is 3. The number of rotatable bonds is 8. The molecule has 0 saturated carbocycles. The molecule has 0 aliphatic carbocycles. The Morgan fingerprint density at radius 2 is 1.65 bits per heavy atom. The van der Waals surface area contributed by atoms with Crippen LogP contribution in [0.5, 0.6) is 0 Å². The molecule has 0 unspecified atom stereocenters. The molecule has 2 heterocycles. The predicted octanol–water partition coefficient (Wildman–Crippen LogP) is 3.42. The third-order valence-electron chi connectivity index (χ3n) is 5.93. The van der Waals surface area contributed by atoms with E-state index in [4.69, 9.17) is 11.6 Å². The molecular weight excluding hydrogens is 538 g/mol. The maximum absolute atomic E-state index is 12.8.